The van der Waals surface area contributed by atoms with Crippen LogP contribution in [0.3, 0.4) is 0 Å². The summed E-state index contributed by atoms with van der Waals surface area (Å²) in [5, 5.41) is 0. The van der Waals surface area contributed by atoms with Gasteiger partial charge in [-0.1, -0.05) is 19.1 Å². The predicted molar refractivity (Wildman–Crippen MR) is 59.8 cm³/mol. The maximum Gasteiger partial charge on any atom is 0.168 e. The maximum absolute atomic E-state index is 13.7. The van der Waals surface area contributed by atoms with E-state index in [9.17, 15) is 4.39 Å². The van der Waals surface area contributed by atoms with Crippen molar-refractivity contribution in [2.75, 3.05) is 13.7 Å². The lowest BCUT2D eigenvalue weighted by Gasteiger charge is -2.16. The van der Waals surface area contributed by atoms with E-state index in [-0.39, 0.29) is 11.7 Å². The molecule has 1 rings (SSSR count). The lowest BCUT2D eigenvalue weighted by molar-refractivity contribution is 0.376. The van der Waals surface area contributed by atoms with Crippen molar-refractivity contribution in [2.45, 2.75) is 26.2 Å². The van der Waals surface area contributed by atoms with E-state index in [2.05, 4.69) is 0 Å². The van der Waals surface area contributed by atoms with Crippen LogP contribution in [0.5, 0.6) is 5.75 Å². The Bertz CT molecular complexity index is 339. The molecule has 1 aromatic rings. The minimum atomic E-state index is -0.265. The molecule has 0 aliphatic carbocycles. The first kappa shape index (κ1) is 12.0. The van der Waals surface area contributed by atoms with Crippen LogP contribution in [0, 0.1) is 12.7 Å². The van der Waals surface area contributed by atoms with Crippen molar-refractivity contribution < 1.29 is 9.13 Å². The molecule has 0 amide bonds. The van der Waals surface area contributed by atoms with Gasteiger partial charge in [0, 0.05) is 5.56 Å². The molecule has 0 bridgehead atoms. The van der Waals surface area contributed by atoms with E-state index in [1.165, 1.54) is 7.11 Å². The van der Waals surface area contributed by atoms with E-state index in [1.807, 2.05) is 13.0 Å². The first-order valence-corrected chi connectivity index (χ1v) is 5.14. The average molecular weight is 211 g/mol. The van der Waals surface area contributed by atoms with Crippen molar-refractivity contribution in [3.05, 3.63) is 29.1 Å². The van der Waals surface area contributed by atoms with Gasteiger partial charge in [-0.25, -0.2) is 4.39 Å². The Kier molecular flexibility index (Phi) is 4.09. The van der Waals surface area contributed by atoms with Gasteiger partial charge in [0.1, 0.15) is 0 Å². The molecule has 3 heteroatoms. The molecule has 0 radical (unpaired) electrons. The molecular formula is C12H18FNO. The minimum absolute atomic E-state index is 0.222. The maximum atomic E-state index is 13.7. The molecule has 0 aromatic heterocycles. The van der Waals surface area contributed by atoms with Crippen molar-refractivity contribution in [1.82, 2.24) is 0 Å². The first-order valence-electron chi connectivity index (χ1n) is 5.14. The van der Waals surface area contributed by atoms with E-state index in [0.29, 0.717) is 17.9 Å². The Morgan fingerprint density at radius 1 is 1.47 bits per heavy atom. The van der Waals surface area contributed by atoms with Crippen molar-refractivity contribution in [1.29, 1.82) is 0 Å². The van der Waals surface area contributed by atoms with Gasteiger partial charge in [-0.2, -0.15) is 0 Å². The number of benzene rings is 1. The van der Waals surface area contributed by atoms with Crippen LogP contribution in [0.2, 0.25) is 0 Å². The second kappa shape index (κ2) is 5.12. The Morgan fingerprint density at radius 2 is 2.13 bits per heavy atom. The summed E-state index contributed by atoms with van der Waals surface area (Å²) in [5.41, 5.74) is 6.99. The summed E-state index contributed by atoms with van der Waals surface area (Å²) in [6.45, 7) is 4.36. The minimum Gasteiger partial charge on any atom is -0.493 e. The standard InChI is InChI=1S/C12H18FNO/c1-8(6-7-14)10-5-4-9(2)11(13)12(10)15-3/h4-5,8H,6-7,14H2,1-3H3. The molecule has 1 atom stereocenters. The summed E-state index contributed by atoms with van der Waals surface area (Å²) >= 11 is 0. The van der Waals surface area contributed by atoms with E-state index in [0.717, 1.165) is 12.0 Å². The fraction of sp³-hybridized carbons (Fsp3) is 0.500. The van der Waals surface area contributed by atoms with E-state index in [4.69, 9.17) is 10.5 Å². The molecule has 15 heavy (non-hydrogen) atoms. The number of hydrogen-bond acceptors (Lipinski definition) is 2. The van der Waals surface area contributed by atoms with Gasteiger partial charge in [-0.3, -0.25) is 0 Å². The molecule has 0 saturated carbocycles. The molecule has 2 N–H and O–H groups in total. The molecule has 2 nitrogen and oxygen atoms in total. The van der Waals surface area contributed by atoms with Crippen molar-refractivity contribution in [3.8, 4) is 5.75 Å². The van der Waals surface area contributed by atoms with Gasteiger partial charge in [0.15, 0.2) is 11.6 Å². The van der Waals surface area contributed by atoms with Crippen LogP contribution in [0.4, 0.5) is 4.39 Å². The molecular weight excluding hydrogens is 193 g/mol. The largest absolute Gasteiger partial charge is 0.493 e. The van der Waals surface area contributed by atoms with Gasteiger partial charge in [0.05, 0.1) is 7.11 Å². The molecule has 84 valence electrons. The lowest BCUT2D eigenvalue weighted by atomic mass is 9.95. The quantitative estimate of drug-likeness (QED) is 0.830. The zero-order chi connectivity index (χ0) is 11.4. The van der Waals surface area contributed by atoms with Crippen LogP contribution in [-0.4, -0.2) is 13.7 Å². The highest BCUT2D eigenvalue weighted by Crippen LogP contribution is 2.32. The lowest BCUT2D eigenvalue weighted by Crippen LogP contribution is -2.07. The van der Waals surface area contributed by atoms with E-state index >= 15 is 0 Å². The van der Waals surface area contributed by atoms with E-state index < -0.39 is 0 Å². The summed E-state index contributed by atoms with van der Waals surface area (Å²) in [7, 11) is 1.50. The Labute approximate surface area is 90.2 Å². The van der Waals surface area contributed by atoms with Crippen LogP contribution in [0.1, 0.15) is 30.4 Å². The fourth-order valence-electron chi connectivity index (χ4n) is 1.67. The number of ether oxygens (including phenoxy) is 1. The number of nitrogens with two attached hydrogens (primary N) is 1. The first-order chi connectivity index (χ1) is 7.11. The van der Waals surface area contributed by atoms with Gasteiger partial charge in [-0.05, 0) is 31.4 Å². The number of aryl methyl sites for hydroxylation is 1. The third kappa shape index (κ3) is 2.48. The predicted octanol–water partition coefficient (Wildman–Crippen LogP) is 2.60. The Hall–Kier alpha value is -1.09. The monoisotopic (exact) mass is 211 g/mol. The highest BCUT2D eigenvalue weighted by Gasteiger charge is 2.16. The second-order valence-electron chi connectivity index (χ2n) is 3.80. The van der Waals surface area contributed by atoms with Gasteiger partial charge in [0.2, 0.25) is 0 Å². The van der Waals surface area contributed by atoms with Crippen LogP contribution >= 0.6 is 0 Å². The number of hydrogen-bond donors (Lipinski definition) is 1. The molecule has 0 heterocycles. The van der Waals surface area contributed by atoms with Gasteiger partial charge >= 0.3 is 0 Å². The average Bonchev–Trinajstić information content (AvgIpc) is 2.22. The smallest absolute Gasteiger partial charge is 0.168 e. The molecule has 0 aliphatic heterocycles. The summed E-state index contributed by atoms with van der Waals surface area (Å²) in [6, 6.07) is 3.69. The van der Waals surface area contributed by atoms with Crippen LogP contribution in [-0.2, 0) is 0 Å². The SMILES string of the molecule is COc1c(C(C)CCN)ccc(C)c1F. The number of halogens is 1. The topological polar surface area (TPSA) is 35.2 Å². The van der Waals surface area contributed by atoms with Crippen LogP contribution in [0.25, 0.3) is 0 Å². The Balaban J connectivity index is 3.12. The van der Waals surface area contributed by atoms with Crippen LogP contribution < -0.4 is 10.5 Å². The molecule has 0 spiro atoms. The van der Waals surface area contributed by atoms with Crippen molar-refractivity contribution >= 4 is 0 Å². The van der Waals surface area contributed by atoms with E-state index in [1.54, 1.807) is 13.0 Å². The zero-order valence-electron chi connectivity index (χ0n) is 9.51. The molecule has 0 aliphatic rings. The summed E-state index contributed by atoms with van der Waals surface area (Å²) in [4.78, 5) is 0. The molecule has 0 saturated heterocycles. The van der Waals surface area contributed by atoms with Crippen LogP contribution in [0.15, 0.2) is 12.1 Å². The van der Waals surface area contributed by atoms with Gasteiger partial charge in [-0.15, -0.1) is 0 Å². The highest BCUT2D eigenvalue weighted by atomic mass is 19.1. The number of methoxy groups -OCH3 is 1. The third-order valence-corrected chi connectivity index (χ3v) is 2.66. The molecule has 0 fully saturated rings. The third-order valence-electron chi connectivity index (χ3n) is 2.66. The number of rotatable bonds is 4. The summed E-state index contributed by atoms with van der Waals surface area (Å²) in [6.07, 6.45) is 0.832. The zero-order valence-corrected chi connectivity index (χ0v) is 9.51. The molecule has 1 aromatic carbocycles. The second-order valence-corrected chi connectivity index (χ2v) is 3.80. The fourth-order valence-corrected chi connectivity index (χ4v) is 1.67. The van der Waals surface area contributed by atoms with Gasteiger partial charge < -0.3 is 10.5 Å². The Morgan fingerprint density at radius 3 is 2.67 bits per heavy atom. The summed E-state index contributed by atoms with van der Waals surface area (Å²) in [5.74, 6) is 0.315. The van der Waals surface area contributed by atoms with Gasteiger partial charge in [0.25, 0.3) is 0 Å². The van der Waals surface area contributed by atoms with Crippen molar-refractivity contribution in [3.63, 3.8) is 0 Å². The molecule has 1 unspecified atom stereocenters. The highest BCUT2D eigenvalue weighted by molar-refractivity contribution is 5.41. The normalized spacial score (nSPS) is 12.6. The van der Waals surface area contributed by atoms with Crippen molar-refractivity contribution in [2.24, 2.45) is 5.73 Å². The summed E-state index contributed by atoms with van der Waals surface area (Å²) < 4.78 is 18.8.